The van der Waals surface area contributed by atoms with E-state index in [1.54, 1.807) is 6.07 Å². The van der Waals surface area contributed by atoms with Gasteiger partial charge in [0.15, 0.2) is 0 Å². The summed E-state index contributed by atoms with van der Waals surface area (Å²) in [7, 11) is 0. The van der Waals surface area contributed by atoms with Gasteiger partial charge in [-0.15, -0.1) is 0 Å². The molecule has 0 bridgehead atoms. The number of para-hydroxylation sites is 1. The number of aryl methyl sites for hydroxylation is 1. The van der Waals surface area contributed by atoms with Gasteiger partial charge in [-0.05, 0) is 12.0 Å². The minimum atomic E-state index is -1.43. The highest BCUT2D eigenvalue weighted by Crippen LogP contribution is 2.22. The third-order valence-electron chi connectivity index (χ3n) is 2.62. The van der Waals surface area contributed by atoms with Crippen molar-refractivity contribution in [1.82, 2.24) is 4.98 Å². The predicted octanol–water partition coefficient (Wildman–Crippen LogP) is 2.00. The Morgan fingerprint density at radius 2 is 2.12 bits per heavy atom. The van der Waals surface area contributed by atoms with Gasteiger partial charge in [0.1, 0.15) is 0 Å². The van der Waals surface area contributed by atoms with Gasteiger partial charge in [-0.1, -0.05) is 25.1 Å². The third-order valence-corrected chi connectivity index (χ3v) is 2.62. The smallest absolute Gasteiger partial charge is 0.377 e. The summed E-state index contributed by atoms with van der Waals surface area (Å²) < 4.78 is 0. The van der Waals surface area contributed by atoms with Crippen LogP contribution in [0, 0.1) is 0 Å². The van der Waals surface area contributed by atoms with Gasteiger partial charge in [-0.2, -0.15) is 0 Å². The fourth-order valence-corrected chi connectivity index (χ4v) is 1.81. The summed E-state index contributed by atoms with van der Waals surface area (Å²) in [6.45, 7) is 2.01. The van der Waals surface area contributed by atoms with Crippen LogP contribution < -0.4 is 0 Å². The molecule has 0 aliphatic carbocycles. The average Bonchev–Trinajstić information content (AvgIpc) is 2.71. The van der Waals surface area contributed by atoms with Crippen LogP contribution in [0.25, 0.3) is 10.9 Å². The number of aromatic nitrogens is 1. The number of fused-ring (bicyclic) bond motifs is 1. The number of hydrogen-bond acceptors (Lipinski definition) is 2. The van der Waals surface area contributed by atoms with E-state index in [0.717, 1.165) is 17.5 Å². The first kappa shape index (κ1) is 10.4. The summed E-state index contributed by atoms with van der Waals surface area (Å²) >= 11 is 0. The number of nitrogens with one attached hydrogen (secondary N) is 1. The van der Waals surface area contributed by atoms with Gasteiger partial charge in [0.25, 0.3) is 5.78 Å². The highest BCUT2D eigenvalue weighted by molar-refractivity contribution is 6.42. The predicted molar refractivity (Wildman–Crippen MR) is 59.6 cm³/mol. The van der Waals surface area contributed by atoms with E-state index in [2.05, 4.69) is 4.98 Å². The molecular weight excluding hydrogens is 206 g/mol. The molecule has 0 amide bonds. The lowest BCUT2D eigenvalue weighted by molar-refractivity contribution is -0.131. The van der Waals surface area contributed by atoms with Crippen molar-refractivity contribution in [1.29, 1.82) is 0 Å². The molecule has 1 aromatic carbocycles. The van der Waals surface area contributed by atoms with Gasteiger partial charge in [0.05, 0.1) is 5.56 Å². The number of hydrogen-bond donors (Lipinski definition) is 2. The Kier molecular flexibility index (Phi) is 2.48. The summed E-state index contributed by atoms with van der Waals surface area (Å²) in [5.41, 5.74) is 2.13. The molecule has 1 heterocycles. The monoisotopic (exact) mass is 217 g/mol. The van der Waals surface area contributed by atoms with E-state index in [4.69, 9.17) is 5.11 Å². The van der Waals surface area contributed by atoms with Crippen molar-refractivity contribution < 1.29 is 14.7 Å². The van der Waals surface area contributed by atoms with E-state index in [1.807, 2.05) is 19.1 Å². The van der Waals surface area contributed by atoms with E-state index in [1.165, 1.54) is 6.20 Å². The molecule has 4 heteroatoms. The Morgan fingerprint density at radius 3 is 2.75 bits per heavy atom. The zero-order chi connectivity index (χ0) is 11.7. The van der Waals surface area contributed by atoms with Crippen molar-refractivity contribution in [3.63, 3.8) is 0 Å². The second kappa shape index (κ2) is 3.81. The van der Waals surface area contributed by atoms with E-state index >= 15 is 0 Å². The number of carboxylic acids is 1. The van der Waals surface area contributed by atoms with E-state index in [0.29, 0.717) is 5.39 Å². The van der Waals surface area contributed by atoms with Gasteiger partial charge in [-0.25, -0.2) is 4.79 Å². The van der Waals surface area contributed by atoms with E-state index in [9.17, 15) is 9.59 Å². The maximum Gasteiger partial charge on any atom is 0.377 e. The van der Waals surface area contributed by atoms with Crippen molar-refractivity contribution in [2.45, 2.75) is 13.3 Å². The maximum absolute atomic E-state index is 11.4. The molecule has 0 saturated carbocycles. The van der Waals surface area contributed by atoms with Gasteiger partial charge in [0.2, 0.25) is 0 Å². The number of aliphatic carboxylic acids is 1. The number of Topliss-reactive ketones (excluding diaryl/α,β-unsaturated/α-hetero) is 1. The van der Waals surface area contributed by atoms with Crippen molar-refractivity contribution in [2.24, 2.45) is 0 Å². The molecule has 2 rings (SSSR count). The number of rotatable bonds is 3. The van der Waals surface area contributed by atoms with Crippen LogP contribution in [-0.4, -0.2) is 21.8 Å². The molecule has 0 aliphatic rings. The summed E-state index contributed by atoms with van der Waals surface area (Å²) in [4.78, 5) is 25.0. The Labute approximate surface area is 91.9 Å². The zero-order valence-corrected chi connectivity index (χ0v) is 8.78. The minimum Gasteiger partial charge on any atom is -0.475 e. The molecule has 2 aromatic rings. The average molecular weight is 217 g/mol. The van der Waals surface area contributed by atoms with Crippen LogP contribution in [0.15, 0.2) is 24.4 Å². The van der Waals surface area contributed by atoms with Gasteiger partial charge in [0, 0.05) is 17.1 Å². The molecule has 0 unspecified atom stereocenters. The number of ketones is 1. The van der Waals surface area contributed by atoms with E-state index in [-0.39, 0.29) is 5.56 Å². The number of aromatic amines is 1. The number of H-pyrrole nitrogens is 1. The second-order valence-electron chi connectivity index (χ2n) is 3.53. The Balaban J connectivity index is 2.66. The van der Waals surface area contributed by atoms with Crippen LogP contribution in [0.5, 0.6) is 0 Å². The lowest BCUT2D eigenvalue weighted by Crippen LogP contribution is -2.11. The first-order chi connectivity index (χ1) is 7.65. The molecular formula is C12H11NO3. The highest BCUT2D eigenvalue weighted by atomic mass is 16.4. The molecule has 0 saturated heterocycles. The molecule has 0 atom stereocenters. The molecule has 0 radical (unpaired) electrons. The largest absolute Gasteiger partial charge is 0.475 e. The van der Waals surface area contributed by atoms with Crippen molar-refractivity contribution in [3.8, 4) is 0 Å². The molecule has 16 heavy (non-hydrogen) atoms. The maximum atomic E-state index is 11.4. The molecule has 4 nitrogen and oxygen atoms in total. The Morgan fingerprint density at radius 1 is 1.38 bits per heavy atom. The molecule has 2 N–H and O–H groups in total. The quantitative estimate of drug-likeness (QED) is 0.610. The number of benzene rings is 1. The normalized spacial score (nSPS) is 10.6. The number of carbonyl (C=O) groups excluding carboxylic acids is 1. The van der Waals surface area contributed by atoms with Crippen LogP contribution in [0.1, 0.15) is 22.8 Å². The zero-order valence-electron chi connectivity index (χ0n) is 8.78. The topological polar surface area (TPSA) is 70.2 Å². The van der Waals surface area contributed by atoms with Gasteiger partial charge in [-0.3, -0.25) is 4.79 Å². The fraction of sp³-hybridized carbons (Fsp3) is 0.167. The van der Waals surface area contributed by atoms with Crippen molar-refractivity contribution >= 4 is 22.7 Å². The van der Waals surface area contributed by atoms with Crippen molar-refractivity contribution in [2.75, 3.05) is 0 Å². The number of carboxylic acid groups (broad SMARTS) is 1. The third kappa shape index (κ3) is 1.48. The van der Waals surface area contributed by atoms with E-state index < -0.39 is 11.8 Å². The first-order valence-corrected chi connectivity index (χ1v) is 5.01. The highest BCUT2D eigenvalue weighted by Gasteiger charge is 2.19. The minimum absolute atomic E-state index is 0.220. The molecule has 0 spiro atoms. The van der Waals surface area contributed by atoms with Gasteiger partial charge >= 0.3 is 5.97 Å². The Hall–Kier alpha value is -2.10. The molecule has 0 fully saturated rings. The van der Waals surface area contributed by atoms with Crippen molar-refractivity contribution in [3.05, 3.63) is 35.5 Å². The summed E-state index contributed by atoms with van der Waals surface area (Å²) in [5.74, 6) is -2.30. The summed E-state index contributed by atoms with van der Waals surface area (Å²) in [6, 6.07) is 5.53. The van der Waals surface area contributed by atoms with Crippen LogP contribution >= 0.6 is 0 Å². The molecule has 82 valence electrons. The van der Waals surface area contributed by atoms with Crippen LogP contribution in [-0.2, 0) is 11.2 Å². The van der Waals surface area contributed by atoms with Crippen LogP contribution in [0.2, 0.25) is 0 Å². The number of carbonyl (C=O) groups is 2. The second-order valence-corrected chi connectivity index (χ2v) is 3.53. The summed E-state index contributed by atoms with van der Waals surface area (Å²) in [5, 5.41) is 9.35. The standard InChI is InChI=1S/C12H11NO3/c1-2-7-4-3-5-8-9(6-13-10(7)8)11(14)12(15)16/h3-6,13H,2H2,1H3,(H,15,16). The lowest BCUT2D eigenvalue weighted by Gasteiger charge is -1.99. The fourth-order valence-electron chi connectivity index (χ4n) is 1.81. The summed E-state index contributed by atoms with van der Waals surface area (Å²) in [6.07, 6.45) is 2.29. The van der Waals surface area contributed by atoms with Crippen LogP contribution in [0.3, 0.4) is 0 Å². The lowest BCUT2D eigenvalue weighted by atomic mass is 10.1. The van der Waals surface area contributed by atoms with Gasteiger partial charge < -0.3 is 10.1 Å². The Bertz CT molecular complexity index is 569. The molecule has 0 aliphatic heterocycles. The first-order valence-electron chi connectivity index (χ1n) is 5.01. The SMILES string of the molecule is CCc1cccc2c(C(=O)C(=O)O)c[nH]c12. The van der Waals surface area contributed by atoms with Crippen LogP contribution in [0.4, 0.5) is 0 Å². The molecule has 1 aromatic heterocycles.